The molecule has 2 aromatic carbocycles. The van der Waals surface area contributed by atoms with Crippen LogP contribution in [0.2, 0.25) is 0 Å². The van der Waals surface area contributed by atoms with Crippen molar-refractivity contribution in [3.05, 3.63) is 71.4 Å². The molecule has 0 amide bonds. The summed E-state index contributed by atoms with van der Waals surface area (Å²) in [5, 5.41) is 14.2. The maximum absolute atomic E-state index is 13.6. The number of methoxy groups -OCH3 is 2. The van der Waals surface area contributed by atoms with Crippen molar-refractivity contribution in [1.82, 2.24) is 14.1 Å². The Labute approximate surface area is 194 Å². The van der Waals surface area contributed by atoms with E-state index in [1.54, 1.807) is 52.5 Å². The van der Waals surface area contributed by atoms with Crippen LogP contribution < -0.4 is 9.47 Å². The van der Waals surface area contributed by atoms with Gasteiger partial charge in [-0.1, -0.05) is 24.3 Å². The lowest BCUT2D eigenvalue weighted by Gasteiger charge is -2.21. The average Bonchev–Trinajstić information content (AvgIpc) is 3.22. The summed E-state index contributed by atoms with van der Waals surface area (Å²) in [4.78, 5) is 0. The number of ether oxygens (including phenoxy) is 3. The molecule has 0 fully saturated rings. The molecule has 1 unspecified atom stereocenters. The SMILES string of the molecule is CCOC(O)c1cc(S(=O)(=O)N(Cc2ccc(OC)cc2)Cc2ccc(OC)cc2)nn1C. The first-order chi connectivity index (χ1) is 15.8. The second-order valence-electron chi connectivity index (χ2n) is 7.31. The van der Waals surface area contributed by atoms with Crippen molar-refractivity contribution in [3.8, 4) is 11.5 Å². The first-order valence-electron chi connectivity index (χ1n) is 10.4. The number of hydrogen-bond donors (Lipinski definition) is 1. The van der Waals surface area contributed by atoms with Gasteiger partial charge in [0.1, 0.15) is 11.5 Å². The normalized spacial score (nSPS) is 12.7. The number of hydrogen-bond acceptors (Lipinski definition) is 7. The minimum absolute atomic E-state index is 0.123. The Hall–Kier alpha value is -2.92. The monoisotopic (exact) mass is 475 g/mol. The molecule has 0 aliphatic carbocycles. The maximum Gasteiger partial charge on any atom is 0.263 e. The number of sulfonamides is 1. The fourth-order valence-corrected chi connectivity index (χ4v) is 4.68. The van der Waals surface area contributed by atoms with Crippen LogP contribution >= 0.6 is 0 Å². The molecule has 0 saturated carbocycles. The second-order valence-corrected chi connectivity index (χ2v) is 9.19. The minimum Gasteiger partial charge on any atom is -0.497 e. The maximum atomic E-state index is 13.6. The minimum atomic E-state index is -4.01. The molecule has 1 atom stereocenters. The van der Waals surface area contributed by atoms with E-state index in [9.17, 15) is 13.5 Å². The summed E-state index contributed by atoms with van der Waals surface area (Å²) >= 11 is 0. The number of aryl methyl sites for hydroxylation is 1. The number of aromatic nitrogens is 2. The quantitative estimate of drug-likeness (QED) is 0.425. The van der Waals surface area contributed by atoms with Crippen molar-refractivity contribution in [2.24, 2.45) is 7.05 Å². The van der Waals surface area contributed by atoms with Crippen molar-refractivity contribution in [1.29, 1.82) is 0 Å². The molecule has 0 aliphatic rings. The Morgan fingerprint density at radius 1 is 0.970 bits per heavy atom. The van der Waals surface area contributed by atoms with Crippen molar-refractivity contribution >= 4 is 10.0 Å². The first kappa shape index (κ1) is 24.7. The van der Waals surface area contributed by atoms with Gasteiger partial charge in [-0.05, 0) is 42.3 Å². The summed E-state index contributed by atoms with van der Waals surface area (Å²) in [6.07, 6.45) is -1.27. The molecule has 0 spiro atoms. The van der Waals surface area contributed by atoms with E-state index in [2.05, 4.69) is 5.10 Å². The van der Waals surface area contributed by atoms with Gasteiger partial charge in [0, 0.05) is 32.8 Å². The second kappa shape index (κ2) is 10.8. The molecular formula is C23H29N3O6S. The molecular weight excluding hydrogens is 446 g/mol. The van der Waals surface area contributed by atoms with Gasteiger partial charge in [0.2, 0.25) is 0 Å². The fourth-order valence-electron chi connectivity index (χ4n) is 3.28. The Kier molecular flexibility index (Phi) is 8.09. The highest BCUT2D eigenvalue weighted by Crippen LogP contribution is 2.25. The van der Waals surface area contributed by atoms with Crippen LogP contribution in [0.15, 0.2) is 59.6 Å². The molecule has 0 aliphatic heterocycles. The van der Waals surface area contributed by atoms with Crippen LogP contribution in [-0.2, 0) is 34.9 Å². The van der Waals surface area contributed by atoms with Crippen LogP contribution in [0.4, 0.5) is 0 Å². The number of rotatable bonds is 11. The fraction of sp³-hybridized carbons (Fsp3) is 0.348. The molecule has 3 aromatic rings. The molecule has 0 saturated heterocycles. The average molecular weight is 476 g/mol. The zero-order valence-corrected chi connectivity index (χ0v) is 19.9. The highest BCUT2D eigenvalue weighted by atomic mass is 32.2. The highest BCUT2D eigenvalue weighted by molar-refractivity contribution is 7.89. The van der Waals surface area contributed by atoms with Crippen molar-refractivity contribution in [3.63, 3.8) is 0 Å². The Morgan fingerprint density at radius 2 is 1.45 bits per heavy atom. The van der Waals surface area contributed by atoms with Crippen LogP contribution in [0.25, 0.3) is 0 Å². The van der Waals surface area contributed by atoms with E-state index < -0.39 is 16.3 Å². The summed E-state index contributed by atoms with van der Waals surface area (Å²) in [5.41, 5.74) is 1.83. The van der Waals surface area contributed by atoms with E-state index in [-0.39, 0.29) is 30.4 Å². The van der Waals surface area contributed by atoms with Crippen LogP contribution in [0.3, 0.4) is 0 Å². The number of aliphatic hydroxyl groups is 1. The summed E-state index contributed by atoms with van der Waals surface area (Å²) in [6.45, 7) is 2.26. The predicted octanol–water partition coefficient (Wildman–Crippen LogP) is 2.86. The van der Waals surface area contributed by atoms with E-state index in [0.29, 0.717) is 11.5 Å². The lowest BCUT2D eigenvalue weighted by molar-refractivity contribution is -0.103. The summed E-state index contributed by atoms with van der Waals surface area (Å²) < 4.78 is 45.5. The van der Waals surface area contributed by atoms with Gasteiger partial charge in [0.15, 0.2) is 11.3 Å². The molecule has 1 heterocycles. The predicted molar refractivity (Wildman–Crippen MR) is 122 cm³/mol. The summed E-state index contributed by atoms with van der Waals surface area (Å²) in [6, 6.07) is 15.7. The van der Waals surface area contributed by atoms with Gasteiger partial charge in [-0.2, -0.15) is 9.40 Å². The van der Waals surface area contributed by atoms with E-state index in [0.717, 1.165) is 11.1 Å². The molecule has 3 rings (SSSR count). The Morgan fingerprint density at radius 3 is 1.88 bits per heavy atom. The van der Waals surface area contributed by atoms with E-state index in [1.165, 1.54) is 15.1 Å². The van der Waals surface area contributed by atoms with E-state index in [1.807, 2.05) is 24.3 Å². The van der Waals surface area contributed by atoms with Gasteiger partial charge in [-0.3, -0.25) is 4.68 Å². The zero-order valence-electron chi connectivity index (χ0n) is 19.1. The lowest BCUT2D eigenvalue weighted by atomic mass is 10.2. The van der Waals surface area contributed by atoms with Gasteiger partial charge in [0.05, 0.1) is 19.9 Å². The van der Waals surface area contributed by atoms with Gasteiger partial charge >= 0.3 is 0 Å². The smallest absolute Gasteiger partial charge is 0.263 e. The largest absolute Gasteiger partial charge is 0.497 e. The number of benzene rings is 2. The third kappa shape index (κ3) is 5.91. The summed E-state index contributed by atoms with van der Waals surface area (Å²) in [5.74, 6) is 1.37. The Bertz CT molecular complexity index is 1090. The molecule has 1 aromatic heterocycles. The molecule has 0 bridgehead atoms. The molecule has 33 heavy (non-hydrogen) atoms. The molecule has 178 valence electrons. The van der Waals surface area contributed by atoms with Gasteiger partial charge in [0.25, 0.3) is 10.0 Å². The molecule has 9 nitrogen and oxygen atoms in total. The standard InChI is InChI=1S/C23H29N3O6S/c1-5-32-23(27)21-14-22(24-25(21)2)33(28,29)26(15-17-6-10-19(30-3)11-7-17)16-18-8-12-20(31-4)13-9-18/h6-14,23,27H,5,15-16H2,1-4H3. The number of nitrogens with zero attached hydrogens (tertiary/aromatic N) is 3. The molecule has 10 heteroatoms. The van der Waals surface area contributed by atoms with E-state index >= 15 is 0 Å². The zero-order chi connectivity index (χ0) is 24.0. The third-order valence-corrected chi connectivity index (χ3v) is 6.78. The van der Waals surface area contributed by atoms with Crippen LogP contribution in [-0.4, -0.2) is 48.4 Å². The van der Waals surface area contributed by atoms with Crippen LogP contribution in [0.1, 0.15) is 30.0 Å². The van der Waals surface area contributed by atoms with Gasteiger partial charge in [-0.15, -0.1) is 0 Å². The van der Waals surface area contributed by atoms with Crippen molar-refractivity contribution in [2.75, 3.05) is 20.8 Å². The van der Waals surface area contributed by atoms with Crippen molar-refractivity contribution < 1.29 is 27.7 Å². The topological polar surface area (TPSA) is 103 Å². The first-order valence-corrected chi connectivity index (χ1v) is 11.8. The van der Waals surface area contributed by atoms with E-state index in [4.69, 9.17) is 14.2 Å². The lowest BCUT2D eigenvalue weighted by Crippen LogP contribution is -2.30. The summed E-state index contributed by atoms with van der Waals surface area (Å²) in [7, 11) is 0.705. The van der Waals surface area contributed by atoms with Crippen LogP contribution in [0, 0.1) is 0 Å². The van der Waals surface area contributed by atoms with Crippen molar-refractivity contribution in [2.45, 2.75) is 31.3 Å². The molecule has 1 N–H and O–H groups in total. The third-order valence-electron chi connectivity index (χ3n) is 5.11. The van der Waals surface area contributed by atoms with Gasteiger partial charge < -0.3 is 19.3 Å². The Balaban J connectivity index is 1.96. The molecule has 0 radical (unpaired) electrons. The number of aliphatic hydroxyl groups excluding tert-OH is 1. The van der Waals surface area contributed by atoms with Gasteiger partial charge in [-0.25, -0.2) is 8.42 Å². The van der Waals surface area contributed by atoms with Crippen LogP contribution in [0.5, 0.6) is 11.5 Å². The highest BCUT2D eigenvalue weighted by Gasteiger charge is 2.30.